The molecule has 1 heterocycles. The van der Waals surface area contributed by atoms with Gasteiger partial charge in [-0.3, -0.25) is 4.72 Å². The van der Waals surface area contributed by atoms with Crippen LogP contribution >= 0.6 is 11.6 Å². The van der Waals surface area contributed by atoms with Gasteiger partial charge in [-0.2, -0.15) is 0 Å². The molecule has 3 rings (SSSR count). The van der Waals surface area contributed by atoms with Crippen molar-refractivity contribution < 1.29 is 22.3 Å². The molecule has 0 fully saturated rings. The van der Waals surface area contributed by atoms with Crippen LogP contribution in [0.15, 0.2) is 51.9 Å². The van der Waals surface area contributed by atoms with Crippen LogP contribution in [-0.2, 0) is 10.0 Å². The van der Waals surface area contributed by atoms with Crippen molar-refractivity contribution in [2.75, 3.05) is 18.9 Å². The van der Waals surface area contributed by atoms with Gasteiger partial charge in [-0.05, 0) is 36.4 Å². The molecule has 9 heteroatoms. The van der Waals surface area contributed by atoms with Gasteiger partial charge in [-0.15, -0.1) is 0 Å². The third-order valence-corrected chi connectivity index (χ3v) is 5.46. The Hall–Kier alpha value is -2.71. The Bertz CT molecular complexity index is 1080. The zero-order chi connectivity index (χ0) is 19.6. The highest BCUT2D eigenvalue weighted by molar-refractivity contribution is 7.92. The number of methoxy groups -OCH3 is 2. The highest BCUT2D eigenvalue weighted by atomic mass is 35.5. The minimum absolute atomic E-state index is 0.0384. The average Bonchev–Trinajstić information content (AvgIpc) is 3.07. The summed E-state index contributed by atoms with van der Waals surface area (Å²) in [6, 6.07) is 9.31. The van der Waals surface area contributed by atoms with Crippen LogP contribution < -0.4 is 14.2 Å². The average molecular weight is 409 g/mol. The second-order valence-corrected chi connectivity index (χ2v) is 7.62. The van der Waals surface area contributed by atoms with Crippen molar-refractivity contribution in [2.45, 2.75) is 11.8 Å². The first-order chi connectivity index (χ1) is 12.8. The number of benzene rings is 2. The number of anilines is 1. The Balaban J connectivity index is 2.01. The van der Waals surface area contributed by atoms with Gasteiger partial charge in [0, 0.05) is 12.5 Å². The maximum Gasteiger partial charge on any atom is 0.265 e. The van der Waals surface area contributed by atoms with Crippen LogP contribution in [0.2, 0.25) is 5.02 Å². The molecule has 0 saturated heterocycles. The minimum atomic E-state index is -3.95. The molecular weight excluding hydrogens is 392 g/mol. The third kappa shape index (κ3) is 4.01. The number of aryl methyl sites for hydroxylation is 1. The number of oxazole rings is 1. The SMILES string of the molecule is COc1ccc(NS(=O)(=O)c2cc(-c3cnc(C)o3)ccc2OC)cc1Cl. The van der Waals surface area contributed by atoms with E-state index in [0.29, 0.717) is 28.7 Å². The van der Waals surface area contributed by atoms with Crippen molar-refractivity contribution in [1.29, 1.82) is 0 Å². The fourth-order valence-corrected chi connectivity index (χ4v) is 3.98. The molecule has 0 unspecified atom stereocenters. The van der Waals surface area contributed by atoms with Gasteiger partial charge >= 0.3 is 0 Å². The predicted molar refractivity (Wildman–Crippen MR) is 102 cm³/mol. The van der Waals surface area contributed by atoms with Crippen molar-refractivity contribution in [3.8, 4) is 22.8 Å². The lowest BCUT2D eigenvalue weighted by atomic mass is 10.2. The quantitative estimate of drug-likeness (QED) is 0.659. The van der Waals surface area contributed by atoms with E-state index in [4.69, 9.17) is 25.5 Å². The maximum atomic E-state index is 12.9. The number of rotatable bonds is 6. The summed E-state index contributed by atoms with van der Waals surface area (Å²) in [5.74, 6) is 1.58. The van der Waals surface area contributed by atoms with Gasteiger partial charge in [0.2, 0.25) is 0 Å². The van der Waals surface area contributed by atoms with E-state index < -0.39 is 10.0 Å². The highest BCUT2D eigenvalue weighted by Crippen LogP contribution is 2.33. The standard InChI is InChI=1S/C18H17ClN2O5S/c1-11-20-10-17(26-11)12-4-6-16(25-3)18(8-12)27(22,23)21-13-5-7-15(24-2)14(19)9-13/h4-10,21H,1-3H3. The van der Waals surface area contributed by atoms with Crippen LogP contribution in [0.5, 0.6) is 11.5 Å². The van der Waals surface area contributed by atoms with E-state index in [1.54, 1.807) is 31.2 Å². The summed E-state index contributed by atoms with van der Waals surface area (Å²) in [5.41, 5.74) is 0.855. The zero-order valence-electron chi connectivity index (χ0n) is 14.8. The second-order valence-electron chi connectivity index (χ2n) is 5.56. The zero-order valence-corrected chi connectivity index (χ0v) is 16.4. The van der Waals surface area contributed by atoms with Crippen LogP contribution in [-0.4, -0.2) is 27.6 Å². The van der Waals surface area contributed by atoms with E-state index in [9.17, 15) is 8.42 Å². The Labute approximate surface area is 161 Å². The van der Waals surface area contributed by atoms with Crippen LogP contribution in [0.25, 0.3) is 11.3 Å². The summed E-state index contributed by atoms with van der Waals surface area (Å²) in [6.07, 6.45) is 1.53. The lowest BCUT2D eigenvalue weighted by Crippen LogP contribution is -2.14. The van der Waals surface area contributed by atoms with Crippen molar-refractivity contribution >= 4 is 27.3 Å². The monoisotopic (exact) mass is 408 g/mol. The third-order valence-electron chi connectivity index (χ3n) is 3.76. The molecule has 0 aliphatic carbocycles. The Morgan fingerprint density at radius 3 is 2.37 bits per heavy atom. The number of hydrogen-bond donors (Lipinski definition) is 1. The molecule has 2 aromatic carbocycles. The topological polar surface area (TPSA) is 90.7 Å². The highest BCUT2D eigenvalue weighted by Gasteiger charge is 2.22. The molecule has 27 heavy (non-hydrogen) atoms. The number of halogens is 1. The van der Waals surface area contributed by atoms with Crippen LogP contribution in [0, 0.1) is 6.92 Å². The first-order valence-corrected chi connectivity index (χ1v) is 9.67. The smallest absolute Gasteiger partial charge is 0.265 e. The molecule has 0 spiro atoms. The molecule has 7 nitrogen and oxygen atoms in total. The van der Waals surface area contributed by atoms with Gasteiger partial charge < -0.3 is 13.9 Å². The molecule has 1 aromatic heterocycles. The maximum absolute atomic E-state index is 12.9. The first-order valence-electron chi connectivity index (χ1n) is 7.81. The van der Waals surface area contributed by atoms with Crippen LogP contribution in [0.1, 0.15) is 5.89 Å². The second kappa shape index (κ2) is 7.50. The van der Waals surface area contributed by atoms with E-state index in [0.717, 1.165) is 0 Å². The number of hydrogen-bond acceptors (Lipinski definition) is 6. The van der Waals surface area contributed by atoms with E-state index in [2.05, 4.69) is 9.71 Å². The molecule has 1 N–H and O–H groups in total. The fourth-order valence-electron chi connectivity index (χ4n) is 2.47. The van der Waals surface area contributed by atoms with Gasteiger partial charge in [0.15, 0.2) is 11.7 Å². The first kappa shape index (κ1) is 19.1. The number of sulfonamides is 1. The number of nitrogens with zero attached hydrogens (tertiary/aromatic N) is 1. The largest absolute Gasteiger partial charge is 0.495 e. The molecule has 142 valence electrons. The van der Waals surface area contributed by atoms with E-state index in [1.807, 2.05) is 0 Å². The van der Waals surface area contributed by atoms with Crippen molar-refractivity contribution in [2.24, 2.45) is 0 Å². The van der Waals surface area contributed by atoms with Gasteiger partial charge in [0.1, 0.15) is 16.4 Å². The lowest BCUT2D eigenvalue weighted by molar-refractivity contribution is 0.403. The Morgan fingerprint density at radius 2 is 1.78 bits per heavy atom. The van der Waals surface area contributed by atoms with Crippen molar-refractivity contribution in [3.63, 3.8) is 0 Å². The van der Waals surface area contributed by atoms with Gasteiger partial charge in [-0.1, -0.05) is 11.6 Å². The van der Waals surface area contributed by atoms with Gasteiger partial charge in [0.05, 0.1) is 31.1 Å². The van der Waals surface area contributed by atoms with Crippen LogP contribution in [0.3, 0.4) is 0 Å². The number of aromatic nitrogens is 1. The van der Waals surface area contributed by atoms with E-state index in [1.165, 1.54) is 32.5 Å². The van der Waals surface area contributed by atoms with Crippen molar-refractivity contribution in [1.82, 2.24) is 4.98 Å². The Morgan fingerprint density at radius 1 is 1.07 bits per heavy atom. The number of nitrogens with one attached hydrogen (secondary N) is 1. The molecule has 0 aliphatic heterocycles. The number of ether oxygens (including phenoxy) is 2. The molecule has 0 amide bonds. The van der Waals surface area contributed by atoms with Gasteiger partial charge in [0.25, 0.3) is 10.0 Å². The van der Waals surface area contributed by atoms with Gasteiger partial charge in [-0.25, -0.2) is 13.4 Å². The summed E-state index contributed by atoms with van der Waals surface area (Å²) >= 11 is 6.07. The Kier molecular flexibility index (Phi) is 5.29. The molecular formula is C18H17ClN2O5S. The summed E-state index contributed by atoms with van der Waals surface area (Å²) in [6.45, 7) is 1.71. The molecule has 0 bridgehead atoms. The molecule has 0 aliphatic rings. The minimum Gasteiger partial charge on any atom is -0.495 e. The molecule has 0 saturated carbocycles. The molecule has 0 atom stereocenters. The van der Waals surface area contributed by atoms with E-state index >= 15 is 0 Å². The summed E-state index contributed by atoms with van der Waals surface area (Å²) in [5, 5.41) is 0.288. The lowest BCUT2D eigenvalue weighted by Gasteiger charge is -2.13. The normalized spacial score (nSPS) is 11.3. The summed E-state index contributed by atoms with van der Waals surface area (Å²) < 4.78 is 44.1. The van der Waals surface area contributed by atoms with Crippen molar-refractivity contribution in [3.05, 3.63) is 53.5 Å². The molecule has 0 radical (unpaired) electrons. The molecule has 3 aromatic rings. The summed E-state index contributed by atoms with van der Waals surface area (Å²) in [4.78, 5) is 3.99. The summed E-state index contributed by atoms with van der Waals surface area (Å²) in [7, 11) is -1.07. The fraction of sp³-hybridized carbons (Fsp3) is 0.167. The van der Waals surface area contributed by atoms with Crippen LogP contribution in [0.4, 0.5) is 5.69 Å². The van der Waals surface area contributed by atoms with E-state index in [-0.39, 0.29) is 15.7 Å². The predicted octanol–water partition coefficient (Wildman–Crippen LogP) is 4.12.